The largest absolute Gasteiger partial charge is 0.466 e. The smallest absolute Gasteiger partial charge is 0.305 e. The Morgan fingerprint density at radius 3 is 2.76 bits per heavy atom. The predicted molar refractivity (Wildman–Crippen MR) is 114 cm³/mol. The van der Waals surface area contributed by atoms with Gasteiger partial charge in [0, 0.05) is 32.0 Å². The van der Waals surface area contributed by atoms with Gasteiger partial charge in [0.15, 0.2) is 0 Å². The van der Waals surface area contributed by atoms with E-state index in [4.69, 9.17) is 14.2 Å². The predicted octanol–water partition coefficient (Wildman–Crippen LogP) is 4.82. The molecule has 2 aromatic rings. The molecule has 1 heterocycles. The van der Waals surface area contributed by atoms with Gasteiger partial charge in [-0.1, -0.05) is 48.6 Å². The van der Waals surface area contributed by atoms with Crippen LogP contribution in [0.15, 0.2) is 60.9 Å². The molecule has 1 atom stereocenters. The molecule has 1 unspecified atom stereocenters. The minimum atomic E-state index is -0.177. The highest BCUT2D eigenvalue weighted by atomic mass is 16.5. The molecule has 0 aliphatic heterocycles. The number of hydrogen-bond acceptors (Lipinski definition) is 5. The second-order valence-corrected chi connectivity index (χ2v) is 6.65. The van der Waals surface area contributed by atoms with E-state index in [0.29, 0.717) is 39.3 Å². The van der Waals surface area contributed by atoms with Gasteiger partial charge >= 0.3 is 5.97 Å². The molecule has 1 aromatic heterocycles. The van der Waals surface area contributed by atoms with Crippen LogP contribution in [0.3, 0.4) is 0 Å². The fourth-order valence-electron chi connectivity index (χ4n) is 2.79. The molecular weight excluding hydrogens is 366 g/mol. The number of carbonyl (C=O) groups excluding carboxylic acids is 1. The van der Waals surface area contributed by atoms with Crippen LogP contribution in [-0.4, -0.2) is 36.9 Å². The average Bonchev–Trinajstić information content (AvgIpc) is 2.75. The van der Waals surface area contributed by atoms with Gasteiger partial charge in [0.25, 0.3) is 0 Å². The quantitative estimate of drug-likeness (QED) is 0.338. The number of aromatic nitrogens is 1. The summed E-state index contributed by atoms with van der Waals surface area (Å²) in [7, 11) is 0. The minimum absolute atomic E-state index is 0.0264. The summed E-state index contributed by atoms with van der Waals surface area (Å²) in [6.45, 7) is 4.08. The molecule has 0 N–H and O–H groups in total. The van der Waals surface area contributed by atoms with Crippen molar-refractivity contribution in [1.82, 2.24) is 4.98 Å². The molecule has 0 radical (unpaired) electrons. The highest BCUT2D eigenvalue weighted by molar-refractivity contribution is 5.69. The van der Waals surface area contributed by atoms with Crippen molar-refractivity contribution in [2.75, 3.05) is 19.8 Å². The Balaban J connectivity index is 1.70. The topological polar surface area (TPSA) is 57.7 Å². The number of pyridine rings is 1. The van der Waals surface area contributed by atoms with Crippen LogP contribution < -0.4 is 0 Å². The summed E-state index contributed by atoms with van der Waals surface area (Å²) in [6, 6.07) is 14.0. The number of hydrogen-bond donors (Lipinski definition) is 0. The molecule has 5 heteroatoms. The molecule has 1 aromatic carbocycles. The lowest BCUT2D eigenvalue weighted by Crippen LogP contribution is -2.17. The Labute approximate surface area is 173 Å². The van der Waals surface area contributed by atoms with E-state index in [0.717, 1.165) is 18.4 Å². The number of ether oxygens (including phenoxy) is 3. The van der Waals surface area contributed by atoms with Crippen LogP contribution >= 0.6 is 0 Å². The lowest BCUT2D eigenvalue weighted by molar-refractivity contribution is -0.144. The summed E-state index contributed by atoms with van der Waals surface area (Å²) in [5, 5.41) is 0. The van der Waals surface area contributed by atoms with Crippen molar-refractivity contribution in [3.8, 4) is 0 Å². The van der Waals surface area contributed by atoms with E-state index >= 15 is 0 Å². The highest BCUT2D eigenvalue weighted by Gasteiger charge is 2.11. The number of benzene rings is 1. The van der Waals surface area contributed by atoms with Gasteiger partial charge in [-0.15, -0.1) is 0 Å². The number of nitrogens with zero attached hydrogens (tertiary/aromatic N) is 1. The molecule has 0 aliphatic rings. The molecule has 0 bridgehead atoms. The summed E-state index contributed by atoms with van der Waals surface area (Å²) < 4.78 is 16.7. The zero-order chi connectivity index (χ0) is 20.6. The maximum Gasteiger partial charge on any atom is 0.305 e. The normalized spacial score (nSPS) is 12.2. The van der Waals surface area contributed by atoms with Crippen molar-refractivity contribution in [2.45, 2.75) is 45.3 Å². The molecular formula is C24H31NO4. The third-order valence-corrected chi connectivity index (χ3v) is 4.27. The van der Waals surface area contributed by atoms with Gasteiger partial charge < -0.3 is 14.2 Å². The molecule has 0 saturated heterocycles. The van der Waals surface area contributed by atoms with Crippen molar-refractivity contribution in [2.24, 2.45) is 0 Å². The lowest BCUT2D eigenvalue weighted by Gasteiger charge is -2.16. The summed E-state index contributed by atoms with van der Waals surface area (Å²) in [5.41, 5.74) is 2.22. The van der Waals surface area contributed by atoms with Crippen molar-refractivity contribution in [3.63, 3.8) is 0 Å². The molecule has 0 fully saturated rings. The van der Waals surface area contributed by atoms with Gasteiger partial charge in [0.05, 0.1) is 19.3 Å². The van der Waals surface area contributed by atoms with Crippen LogP contribution in [0.4, 0.5) is 0 Å². The Bertz CT molecular complexity index is 703. The molecule has 2 rings (SSSR count). The maximum atomic E-state index is 11.7. The monoisotopic (exact) mass is 397 g/mol. The van der Waals surface area contributed by atoms with Gasteiger partial charge in [0.1, 0.15) is 0 Å². The van der Waals surface area contributed by atoms with Crippen LogP contribution in [0.2, 0.25) is 0 Å². The fourth-order valence-corrected chi connectivity index (χ4v) is 2.79. The SMILES string of the molecule is CCOC(=O)CCC(CC=Cc1cccnc1)OCCCOCc1ccccc1. The standard InChI is InChI=1S/C24H31NO4/c1-2-28-24(26)15-14-23(13-6-11-21-12-7-16-25-19-21)29-18-8-17-27-20-22-9-4-3-5-10-22/h3-7,9-12,16,19,23H,2,8,13-15,17-18,20H2,1H3. The van der Waals surface area contributed by atoms with Gasteiger partial charge in [-0.2, -0.15) is 0 Å². The number of carbonyl (C=O) groups is 1. The molecule has 29 heavy (non-hydrogen) atoms. The van der Waals surface area contributed by atoms with Crippen LogP contribution in [0.25, 0.3) is 6.08 Å². The van der Waals surface area contributed by atoms with E-state index in [1.54, 1.807) is 6.20 Å². The summed E-state index contributed by atoms with van der Waals surface area (Å²) in [4.78, 5) is 15.8. The van der Waals surface area contributed by atoms with Crippen LogP contribution in [0, 0.1) is 0 Å². The van der Waals surface area contributed by atoms with Gasteiger partial charge in [-0.25, -0.2) is 0 Å². The van der Waals surface area contributed by atoms with Gasteiger partial charge in [-0.3, -0.25) is 9.78 Å². The van der Waals surface area contributed by atoms with E-state index in [1.807, 2.05) is 49.5 Å². The Kier molecular flexibility index (Phi) is 11.4. The van der Waals surface area contributed by atoms with Crippen LogP contribution in [0.5, 0.6) is 0 Å². The third kappa shape index (κ3) is 10.6. The molecule has 0 spiro atoms. The number of esters is 1. The first-order valence-electron chi connectivity index (χ1n) is 10.2. The summed E-state index contributed by atoms with van der Waals surface area (Å²) in [5.74, 6) is -0.177. The second kappa shape index (κ2) is 14.5. The zero-order valence-electron chi connectivity index (χ0n) is 17.2. The van der Waals surface area contributed by atoms with Gasteiger partial charge in [0.2, 0.25) is 0 Å². The van der Waals surface area contributed by atoms with E-state index in [-0.39, 0.29) is 12.1 Å². The van der Waals surface area contributed by atoms with Gasteiger partial charge in [-0.05, 0) is 43.4 Å². The molecule has 5 nitrogen and oxygen atoms in total. The Hall–Kier alpha value is -2.50. The first kappa shape index (κ1) is 22.8. The summed E-state index contributed by atoms with van der Waals surface area (Å²) >= 11 is 0. The molecule has 0 aliphatic carbocycles. The van der Waals surface area contributed by atoms with Crippen molar-refractivity contribution in [3.05, 3.63) is 72.1 Å². The lowest BCUT2D eigenvalue weighted by atomic mass is 10.1. The van der Waals surface area contributed by atoms with Crippen LogP contribution in [0.1, 0.15) is 43.7 Å². The maximum absolute atomic E-state index is 11.7. The highest BCUT2D eigenvalue weighted by Crippen LogP contribution is 2.12. The number of rotatable bonds is 14. The Morgan fingerprint density at radius 2 is 2.00 bits per heavy atom. The van der Waals surface area contributed by atoms with E-state index in [1.165, 1.54) is 5.56 Å². The molecule has 0 amide bonds. The van der Waals surface area contributed by atoms with Crippen LogP contribution in [-0.2, 0) is 25.6 Å². The molecule has 156 valence electrons. The van der Waals surface area contributed by atoms with E-state index in [2.05, 4.69) is 23.2 Å². The van der Waals surface area contributed by atoms with Crippen molar-refractivity contribution < 1.29 is 19.0 Å². The fraction of sp³-hybridized carbons (Fsp3) is 0.417. The zero-order valence-corrected chi connectivity index (χ0v) is 17.2. The van der Waals surface area contributed by atoms with Crippen molar-refractivity contribution >= 4 is 12.0 Å². The first-order valence-corrected chi connectivity index (χ1v) is 10.2. The third-order valence-electron chi connectivity index (χ3n) is 4.27. The second-order valence-electron chi connectivity index (χ2n) is 6.65. The average molecular weight is 398 g/mol. The van der Waals surface area contributed by atoms with Crippen molar-refractivity contribution in [1.29, 1.82) is 0 Å². The van der Waals surface area contributed by atoms with E-state index < -0.39 is 0 Å². The minimum Gasteiger partial charge on any atom is -0.466 e. The van der Waals surface area contributed by atoms with E-state index in [9.17, 15) is 4.79 Å². The first-order chi connectivity index (χ1) is 14.3. The Morgan fingerprint density at radius 1 is 1.14 bits per heavy atom. The summed E-state index contributed by atoms with van der Waals surface area (Å²) in [6.07, 6.45) is 10.2. The molecule has 0 saturated carbocycles.